The highest BCUT2D eigenvalue weighted by atomic mass is 79.9. The lowest BCUT2D eigenvalue weighted by Crippen LogP contribution is -2.20. The molecule has 0 bridgehead atoms. The minimum Gasteiger partial charge on any atom is -0.301 e. The highest BCUT2D eigenvalue weighted by molar-refractivity contribution is 9.12. The monoisotopic (exact) mass is 264 g/mol. The summed E-state index contributed by atoms with van der Waals surface area (Å²) in [7, 11) is 0. The Hall–Kier alpha value is 0.110. The third-order valence-electron chi connectivity index (χ3n) is 1.29. The largest absolute Gasteiger partial charge is 0.301 e. The molecule has 0 heterocycles. The lowest BCUT2D eigenvalue weighted by molar-refractivity contribution is -0.108. The summed E-state index contributed by atoms with van der Waals surface area (Å²) in [6.07, 6.45) is 7.23. The van der Waals surface area contributed by atoms with Crippen molar-refractivity contribution in [3.63, 3.8) is 0 Å². The standard InChI is InChI=1S/C7H6Br2O/c8-6-2-1-3-7(9,4-6)5-10/h1-3,5H,4H2. The van der Waals surface area contributed by atoms with E-state index in [4.69, 9.17) is 0 Å². The number of carbonyl (C=O) groups is 1. The summed E-state index contributed by atoms with van der Waals surface area (Å²) in [6, 6.07) is 0. The number of alkyl halides is 1. The van der Waals surface area contributed by atoms with Crippen molar-refractivity contribution in [2.75, 3.05) is 0 Å². The first-order valence-electron chi connectivity index (χ1n) is 2.85. The summed E-state index contributed by atoms with van der Waals surface area (Å²) in [4.78, 5) is 10.5. The van der Waals surface area contributed by atoms with Crippen molar-refractivity contribution in [1.82, 2.24) is 0 Å². The number of halogens is 2. The normalized spacial score (nSPS) is 31.6. The van der Waals surface area contributed by atoms with Crippen LogP contribution in [0.15, 0.2) is 22.7 Å². The van der Waals surface area contributed by atoms with Gasteiger partial charge in [-0.2, -0.15) is 0 Å². The Bertz CT molecular complexity index is 208. The van der Waals surface area contributed by atoms with Crippen LogP contribution < -0.4 is 0 Å². The Kier molecular flexibility index (Phi) is 2.47. The molecule has 0 aromatic rings. The second-order valence-electron chi connectivity index (χ2n) is 2.19. The topological polar surface area (TPSA) is 17.1 Å². The zero-order valence-electron chi connectivity index (χ0n) is 5.18. The van der Waals surface area contributed by atoms with Crippen LogP contribution in [-0.2, 0) is 4.79 Å². The van der Waals surface area contributed by atoms with E-state index < -0.39 is 4.32 Å². The molecular formula is C7H6Br2O. The van der Waals surface area contributed by atoms with Crippen LogP contribution in [0, 0.1) is 0 Å². The van der Waals surface area contributed by atoms with Crippen molar-refractivity contribution in [2.24, 2.45) is 0 Å². The van der Waals surface area contributed by atoms with Gasteiger partial charge >= 0.3 is 0 Å². The molecule has 0 spiro atoms. The predicted octanol–water partition coefficient (Wildman–Crippen LogP) is 2.56. The van der Waals surface area contributed by atoms with E-state index in [1.165, 1.54) is 0 Å². The van der Waals surface area contributed by atoms with E-state index in [0.717, 1.165) is 10.8 Å². The molecule has 0 aliphatic heterocycles. The molecule has 0 fully saturated rings. The smallest absolute Gasteiger partial charge is 0.140 e. The van der Waals surface area contributed by atoms with Gasteiger partial charge in [-0.15, -0.1) is 0 Å². The van der Waals surface area contributed by atoms with Crippen LogP contribution in [0.5, 0.6) is 0 Å². The van der Waals surface area contributed by atoms with Gasteiger partial charge in [-0.25, -0.2) is 0 Å². The maximum Gasteiger partial charge on any atom is 0.140 e. The molecule has 0 aromatic heterocycles. The fourth-order valence-corrected chi connectivity index (χ4v) is 2.22. The Morgan fingerprint density at radius 2 is 2.40 bits per heavy atom. The molecule has 0 N–H and O–H groups in total. The molecule has 0 radical (unpaired) electrons. The van der Waals surface area contributed by atoms with Gasteiger partial charge in [-0.05, 0) is 4.48 Å². The minimum atomic E-state index is -0.472. The van der Waals surface area contributed by atoms with E-state index in [2.05, 4.69) is 31.9 Å². The Balaban J connectivity index is 2.80. The molecular weight excluding hydrogens is 260 g/mol. The van der Waals surface area contributed by atoms with Crippen molar-refractivity contribution in [1.29, 1.82) is 0 Å². The van der Waals surface area contributed by atoms with Crippen molar-refractivity contribution in [3.05, 3.63) is 22.7 Å². The van der Waals surface area contributed by atoms with E-state index in [0.29, 0.717) is 6.42 Å². The first kappa shape index (κ1) is 8.21. The number of rotatable bonds is 1. The van der Waals surface area contributed by atoms with Crippen molar-refractivity contribution in [3.8, 4) is 0 Å². The summed E-state index contributed by atoms with van der Waals surface area (Å²) < 4.78 is 0.569. The number of allylic oxidation sites excluding steroid dienone is 4. The van der Waals surface area contributed by atoms with Crippen molar-refractivity contribution < 1.29 is 4.79 Å². The summed E-state index contributed by atoms with van der Waals surface area (Å²) >= 11 is 6.64. The third-order valence-corrected chi connectivity index (χ3v) is 2.56. The third kappa shape index (κ3) is 1.80. The maximum atomic E-state index is 10.5. The van der Waals surface area contributed by atoms with Gasteiger partial charge in [0.05, 0.1) is 0 Å². The Labute approximate surface area is 76.4 Å². The highest BCUT2D eigenvalue weighted by Crippen LogP contribution is 2.31. The quantitative estimate of drug-likeness (QED) is 0.526. The number of hydrogen-bond donors (Lipinski definition) is 0. The van der Waals surface area contributed by atoms with Crippen LogP contribution in [0.4, 0.5) is 0 Å². The minimum absolute atomic E-state index is 0.472. The average Bonchev–Trinajstić information content (AvgIpc) is 1.88. The van der Waals surface area contributed by atoms with Gasteiger partial charge < -0.3 is 4.79 Å². The first-order valence-corrected chi connectivity index (χ1v) is 4.44. The fraction of sp³-hybridized carbons (Fsp3) is 0.286. The number of aldehydes is 1. The van der Waals surface area contributed by atoms with Gasteiger partial charge in [0.15, 0.2) is 0 Å². The van der Waals surface area contributed by atoms with E-state index in [9.17, 15) is 4.79 Å². The molecule has 10 heavy (non-hydrogen) atoms. The second-order valence-corrected chi connectivity index (χ2v) is 4.69. The summed E-state index contributed by atoms with van der Waals surface area (Å²) in [6.45, 7) is 0. The molecule has 0 saturated carbocycles. The summed E-state index contributed by atoms with van der Waals surface area (Å²) in [5.74, 6) is 0. The van der Waals surface area contributed by atoms with Crippen LogP contribution in [-0.4, -0.2) is 10.6 Å². The van der Waals surface area contributed by atoms with Gasteiger partial charge in [0.25, 0.3) is 0 Å². The molecule has 3 heteroatoms. The van der Waals surface area contributed by atoms with Gasteiger partial charge in [0, 0.05) is 6.42 Å². The van der Waals surface area contributed by atoms with Gasteiger partial charge in [-0.3, -0.25) is 0 Å². The molecule has 0 aromatic carbocycles. The Morgan fingerprint density at radius 3 is 2.80 bits per heavy atom. The van der Waals surface area contributed by atoms with Gasteiger partial charge in [0.1, 0.15) is 10.6 Å². The van der Waals surface area contributed by atoms with Crippen LogP contribution in [0.2, 0.25) is 0 Å². The van der Waals surface area contributed by atoms with Crippen LogP contribution >= 0.6 is 31.9 Å². The second kappa shape index (κ2) is 3.01. The van der Waals surface area contributed by atoms with Gasteiger partial charge in [0.2, 0.25) is 0 Å². The first-order chi connectivity index (χ1) is 4.66. The average molecular weight is 266 g/mol. The van der Waals surface area contributed by atoms with E-state index in [-0.39, 0.29) is 0 Å². The predicted molar refractivity (Wildman–Crippen MR) is 48.5 cm³/mol. The van der Waals surface area contributed by atoms with E-state index in [1.54, 1.807) is 0 Å². The SMILES string of the molecule is O=CC1(Br)C=CC=C(Br)C1. The van der Waals surface area contributed by atoms with Crippen LogP contribution in [0.25, 0.3) is 0 Å². The zero-order chi connectivity index (χ0) is 7.61. The molecule has 1 unspecified atom stereocenters. The lowest BCUT2D eigenvalue weighted by Gasteiger charge is -2.18. The molecule has 0 saturated heterocycles. The molecule has 54 valence electrons. The van der Waals surface area contributed by atoms with Crippen molar-refractivity contribution in [2.45, 2.75) is 10.7 Å². The van der Waals surface area contributed by atoms with E-state index >= 15 is 0 Å². The van der Waals surface area contributed by atoms with Crippen LogP contribution in [0.3, 0.4) is 0 Å². The zero-order valence-corrected chi connectivity index (χ0v) is 8.35. The number of carbonyl (C=O) groups excluding carboxylic acids is 1. The van der Waals surface area contributed by atoms with E-state index in [1.807, 2.05) is 18.2 Å². The fourth-order valence-electron chi connectivity index (χ4n) is 0.770. The summed E-state index contributed by atoms with van der Waals surface area (Å²) in [5.41, 5.74) is 0. The molecule has 1 aliphatic carbocycles. The number of hydrogen-bond acceptors (Lipinski definition) is 1. The molecule has 1 atom stereocenters. The maximum absolute atomic E-state index is 10.5. The molecule has 1 aliphatic rings. The molecule has 1 nitrogen and oxygen atoms in total. The lowest BCUT2D eigenvalue weighted by atomic mass is 10.0. The van der Waals surface area contributed by atoms with Gasteiger partial charge in [-0.1, -0.05) is 50.1 Å². The molecule has 1 rings (SSSR count). The Morgan fingerprint density at radius 1 is 1.70 bits per heavy atom. The summed E-state index contributed by atoms with van der Waals surface area (Å²) in [5, 5.41) is 0. The van der Waals surface area contributed by atoms with Crippen molar-refractivity contribution >= 4 is 38.1 Å². The molecule has 0 amide bonds. The highest BCUT2D eigenvalue weighted by Gasteiger charge is 2.24. The van der Waals surface area contributed by atoms with Crippen LogP contribution in [0.1, 0.15) is 6.42 Å².